The number of aliphatic imine (C=N–C) groups is 1. The van der Waals surface area contributed by atoms with Gasteiger partial charge in [0.1, 0.15) is 11.9 Å². The lowest BCUT2D eigenvalue weighted by Gasteiger charge is -2.24. The lowest BCUT2D eigenvalue weighted by Crippen LogP contribution is -2.32. The van der Waals surface area contributed by atoms with Gasteiger partial charge in [0.25, 0.3) is 0 Å². The molecule has 0 saturated carbocycles. The van der Waals surface area contributed by atoms with Crippen LogP contribution >= 0.6 is 23.2 Å². The first kappa shape index (κ1) is 13.4. The van der Waals surface area contributed by atoms with Crippen LogP contribution in [0.5, 0.6) is 0 Å². The molecule has 104 valence electrons. The van der Waals surface area contributed by atoms with Gasteiger partial charge in [-0.15, -0.1) is 0 Å². The second-order valence-corrected chi connectivity index (χ2v) is 5.45. The molecule has 5 nitrogen and oxygen atoms in total. The molecule has 0 spiro atoms. The molecule has 0 fully saturated rings. The Morgan fingerprint density at radius 2 is 2.00 bits per heavy atom. The normalized spacial score (nSPS) is 17.4. The molecule has 2 heterocycles. The van der Waals surface area contributed by atoms with Gasteiger partial charge in [-0.2, -0.15) is 0 Å². The topological polar surface area (TPSA) is 59.4 Å². The van der Waals surface area contributed by atoms with Crippen LogP contribution in [0.3, 0.4) is 0 Å². The van der Waals surface area contributed by atoms with Crippen LogP contribution in [0.2, 0.25) is 10.0 Å². The summed E-state index contributed by atoms with van der Waals surface area (Å²) in [6.07, 6.45) is 3.12. The monoisotopic (exact) mass is 309 g/mol. The van der Waals surface area contributed by atoms with Gasteiger partial charge in [-0.3, -0.25) is 0 Å². The van der Waals surface area contributed by atoms with Crippen molar-refractivity contribution in [1.82, 2.24) is 14.5 Å². The molecule has 7 heteroatoms. The Morgan fingerprint density at radius 3 is 2.70 bits per heavy atom. The van der Waals surface area contributed by atoms with Crippen LogP contribution in [0.1, 0.15) is 17.4 Å². The van der Waals surface area contributed by atoms with Gasteiger partial charge in [0.2, 0.25) is 0 Å². The van der Waals surface area contributed by atoms with Gasteiger partial charge in [-0.25, -0.2) is 9.98 Å². The van der Waals surface area contributed by atoms with Crippen LogP contribution in [0.25, 0.3) is 0 Å². The summed E-state index contributed by atoms with van der Waals surface area (Å²) < 4.78 is 1.89. The Balaban J connectivity index is 1.99. The first-order valence-corrected chi connectivity index (χ1v) is 6.83. The first-order chi connectivity index (χ1) is 9.58. The van der Waals surface area contributed by atoms with Crippen molar-refractivity contribution in [3.63, 3.8) is 0 Å². The average Bonchev–Trinajstić information content (AvgIpc) is 2.82. The number of nitrogens with zero attached hydrogens (tertiary/aromatic N) is 4. The fraction of sp³-hybridized carbons (Fsp3) is 0.231. The molecule has 2 aromatic rings. The number of benzene rings is 1. The van der Waals surface area contributed by atoms with Crippen LogP contribution in [0.4, 0.5) is 5.82 Å². The molecule has 1 aromatic carbocycles. The second-order valence-electron chi connectivity index (χ2n) is 4.64. The van der Waals surface area contributed by atoms with Crippen molar-refractivity contribution in [2.24, 2.45) is 10.7 Å². The largest absolute Gasteiger partial charge is 0.345 e. The van der Waals surface area contributed by atoms with Gasteiger partial charge in [-0.05, 0) is 12.1 Å². The minimum atomic E-state index is -0.287. The molecule has 2 N–H and O–H groups in total. The van der Waals surface area contributed by atoms with Gasteiger partial charge in [0.15, 0.2) is 5.82 Å². The molecule has 1 aliphatic rings. The van der Waals surface area contributed by atoms with Crippen molar-refractivity contribution < 1.29 is 0 Å². The minimum absolute atomic E-state index is 0.287. The minimum Gasteiger partial charge on any atom is -0.345 e. The van der Waals surface area contributed by atoms with Crippen molar-refractivity contribution in [2.75, 3.05) is 7.05 Å². The standard InChI is InChI=1S/C13H13Cl2N5/c1-19-6-18-13-11(12(19)16)17-7-20(13)5-8-9(14)3-2-4-10(8)15/h2-4,6-7,12H,5,16H2,1H3. The first-order valence-electron chi connectivity index (χ1n) is 6.07. The van der Waals surface area contributed by atoms with E-state index in [1.54, 1.807) is 12.7 Å². The Bertz CT molecular complexity index is 659. The van der Waals surface area contributed by atoms with Crippen molar-refractivity contribution in [3.8, 4) is 0 Å². The van der Waals surface area contributed by atoms with Crippen LogP contribution in [0.15, 0.2) is 29.5 Å². The van der Waals surface area contributed by atoms with Crippen LogP contribution in [0, 0.1) is 0 Å². The maximum Gasteiger partial charge on any atom is 0.161 e. The summed E-state index contributed by atoms with van der Waals surface area (Å²) in [6.45, 7) is 0.509. The van der Waals surface area contributed by atoms with Crippen molar-refractivity contribution in [3.05, 3.63) is 45.8 Å². The number of fused-ring (bicyclic) bond motifs is 1. The molecule has 0 saturated heterocycles. The second kappa shape index (κ2) is 5.09. The van der Waals surface area contributed by atoms with E-state index in [9.17, 15) is 0 Å². The third-order valence-corrected chi connectivity index (χ3v) is 4.02. The quantitative estimate of drug-likeness (QED) is 0.928. The highest BCUT2D eigenvalue weighted by Gasteiger charge is 2.23. The van der Waals surface area contributed by atoms with E-state index in [0.717, 1.165) is 17.1 Å². The summed E-state index contributed by atoms with van der Waals surface area (Å²) in [5.41, 5.74) is 7.66. The van der Waals surface area contributed by atoms with Gasteiger partial charge in [0, 0.05) is 22.7 Å². The zero-order valence-corrected chi connectivity index (χ0v) is 12.3. The zero-order valence-electron chi connectivity index (χ0n) is 10.8. The SMILES string of the molecule is CN1C=Nc2c(ncn2Cc2c(Cl)cccc2Cl)C1N. The lowest BCUT2D eigenvalue weighted by atomic mass is 10.2. The van der Waals surface area contributed by atoms with E-state index in [1.165, 1.54) is 0 Å². The highest BCUT2D eigenvalue weighted by molar-refractivity contribution is 6.35. The third kappa shape index (κ3) is 2.18. The highest BCUT2D eigenvalue weighted by atomic mass is 35.5. The molecular formula is C13H13Cl2N5. The van der Waals surface area contributed by atoms with E-state index in [2.05, 4.69) is 9.98 Å². The summed E-state index contributed by atoms with van der Waals surface area (Å²) in [4.78, 5) is 10.5. The molecule has 0 aliphatic carbocycles. The van der Waals surface area contributed by atoms with E-state index in [-0.39, 0.29) is 6.17 Å². The maximum atomic E-state index is 6.19. The molecule has 0 radical (unpaired) electrons. The molecule has 1 atom stereocenters. The Kier molecular flexibility index (Phi) is 3.41. The van der Waals surface area contributed by atoms with Crippen LogP contribution in [-0.2, 0) is 6.54 Å². The number of hydrogen-bond donors (Lipinski definition) is 1. The lowest BCUT2D eigenvalue weighted by molar-refractivity contribution is 0.383. The van der Waals surface area contributed by atoms with Crippen LogP contribution in [-0.4, -0.2) is 27.8 Å². The van der Waals surface area contributed by atoms with E-state index in [0.29, 0.717) is 16.6 Å². The number of hydrogen-bond acceptors (Lipinski definition) is 4. The fourth-order valence-electron chi connectivity index (χ4n) is 2.12. The molecule has 1 aromatic heterocycles. The number of rotatable bonds is 2. The number of aromatic nitrogens is 2. The number of halogens is 2. The predicted octanol–water partition coefficient (Wildman–Crippen LogP) is 2.80. The summed E-state index contributed by atoms with van der Waals surface area (Å²) in [5.74, 6) is 0.742. The molecule has 20 heavy (non-hydrogen) atoms. The number of nitrogens with two attached hydrogens (primary N) is 1. The number of imidazole rings is 1. The molecule has 3 rings (SSSR count). The van der Waals surface area contributed by atoms with Crippen LogP contribution < -0.4 is 5.73 Å². The summed E-state index contributed by atoms with van der Waals surface area (Å²) >= 11 is 12.4. The third-order valence-electron chi connectivity index (χ3n) is 3.31. The Labute approximate surface area is 126 Å². The summed E-state index contributed by atoms with van der Waals surface area (Å²) in [7, 11) is 1.86. The molecular weight excluding hydrogens is 297 g/mol. The van der Waals surface area contributed by atoms with Gasteiger partial charge in [0.05, 0.1) is 19.2 Å². The van der Waals surface area contributed by atoms with Crippen molar-refractivity contribution in [2.45, 2.75) is 12.7 Å². The summed E-state index contributed by atoms with van der Waals surface area (Å²) in [6, 6.07) is 5.45. The molecule has 1 aliphatic heterocycles. The van der Waals surface area contributed by atoms with E-state index in [4.69, 9.17) is 28.9 Å². The zero-order chi connectivity index (χ0) is 14.3. The van der Waals surface area contributed by atoms with Gasteiger partial charge < -0.3 is 15.2 Å². The van der Waals surface area contributed by atoms with E-state index in [1.807, 2.05) is 34.7 Å². The predicted molar refractivity (Wildman–Crippen MR) is 80.6 cm³/mol. The highest BCUT2D eigenvalue weighted by Crippen LogP contribution is 2.31. The molecule has 0 amide bonds. The van der Waals surface area contributed by atoms with Crippen molar-refractivity contribution >= 4 is 35.4 Å². The van der Waals surface area contributed by atoms with E-state index >= 15 is 0 Å². The van der Waals surface area contributed by atoms with E-state index < -0.39 is 0 Å². The Morgan fingerprint density at radius 1 is 1.30 bits per heavy atom. The Hall–Kier alpha value is -1.56. The fourth-order valence-corrected chi connectivity index (χ4v) is 2.64. The summed E-state index contributed by atoms with van der Waals surface area (Å²) in [5, 5.41) is 1.25. The van der Waals surface area contributed by atoms with Crippen molar-refractivity contribution in [1.29, 1.82) is 0 Å². The maximum absolute atomic E-state index is 6.19. The average molecular weight is 310 g/mol. The molecule has 1 unspecified atom stereocenters. The smallest absolute Gasteiger partial charge is 0.161 e. The van der Waals surface area contributed by atoms with Gasteiger partial charge in [-0.1, -0.05) is 29.3 Å². The molecule has 0 bridgehead atoms. The van der Waals surface area contributed by atoms with Gasteiger partial charge >= 0.3 is 0 Å².